The van der Waals surface area contributed by atoms with Gasteiger partial charge in [-0.1, -0.05) is 63.6 Å². The van der Waals surface area contributed by atoms with Gasteiger partial charge in [0.05, 0.1) is 0 Å². The quantitative estimate of drug-likeness (QED) is 0.500. The topological polar surface area (TPSA) is 0 Å². The van der Waals surface area contributed by atoms with E-state index in [0.29, 0.717) is 5.41 Å². The minimum absolute atomic E-state index is 0.455. The lowest BCUT2D eigenvalue weighted by molar-refractivity contribution is 0.247. The molecule has 0 aromatic heterocycles. The molecule has 0 aliphatic rings. The maximum atomic E-state index is 3.96. The van der Waals surface area contributed by atoms with Crippen molar-refractivity contribution in [3.8, 4) is 0 Å². The second-order valence-corrected chi connectivity index (χ2v) is 7.99. The van der Waals surface area contributed by atoms with Crippen LogP contribution in [0.25, 0.3) is 5.57 Å². The van der Waals surface area contributed by atoms with Crippen molar-refractivity contribution in [1.82, 2.24) is 0 Å². The first-order chi connectivity index (χ1) is 10.4. The van der Waals surface area contributed by atoms with E-state index in [1.54, 1.807) is 0 Å². The minimum atomic E-state index is 0.455. The van der Waals surface area contributed by atoms with E-state index in [1.807, 2.05) is 0 Å². The molecule has 0 saturated heterocycles. The van der Waals surface area contributed by atoms with Crippen LogP contribution in [0.2, 0.25) is 0 Å². The summed E-state index contributed by atoms with van der Waals surface area (Å²) in [6.07, 6.45) is 3.44. The molecule has 1 aromatic rings. The van der Waals surface area contributed by atoms with Crippen molar-refractivity contribution in [2.45, 2.75) is 75.7 Å². The van der Waals surface area contributed by atoms with Crippen LogP contribution >= 0.6 is 0 Å². The van der Waals surface area contributed by atoms with Gasteiger partial charge in [0.25, 0.3) is 0 Å². The number of benzene rings is 1. The van der Waals surface area contributed by atoms with Crippen molar-refractivity contribution < 1.29 is 0 Å². The molecular weight excluding hydrogens is 276 g/mol. The fraction of sp³-hybridized carbons (Fsp3) is 0.565. The Kier molecular flexibility index (Phi) is 8.59. The van der Waals surface area contributed by atoms with Crippen LogP contribution in [0.3, 0.4) is 0 Å². The molecule has 130 valence electrons. The van der Waals surface area contributed by atoms with Crippen molar-refractivity contribution in [2.75, 3.05) is 0 Å². The normalized spacial score (nSPS) is 12.0. The summed E-state index contributed by atoms with van der Waals surface area (Å²) in [5, 5.41) is 0. The summed E-state index contributed by atoms with van der Waals surface area (Å²) in [4.78, 5) is 0. The summed E-state index contributed by atoms with van der Waals surface area (Å²) in [6.45, 7) is 26.0. The lowest BCUT2D eigenvalue weighted by Crippen LogP contribution is -2.19. The smallest absolute Gasteiger partial charge is 0.0201 e. The van der Waals surface area contributed by atoms with E-state index in [-0.39, 0.29) is 0 Å². The minimum Gasteiger partial charge on any atom is -0.0955 e. The Morgan fingerprint density at radius 1 is 1.04 bits per heavy atom. The zero-order valence-corrected chi connectivity index (χ0v) is 17.2. The molecule has 0 nitrogen and oxygen atoms in total. The molecule has 0 saturated carbocycles. The van der Waals surface area contributed by atoms with Crippen molar-refractivity contribution in [3.63, 3.8) is 0 Å². The van der Waals surface area contributed by atoms with Gasteiger partial charge in [0, 0.05) is 0 Å². The van der Waals surface area contributed by atoms with Crippen LogP contribution in [0, 0.1) is 32.1 Å². The zero-order valence-electron chi connectivity index (χ0n) is 17.2. The van der Waals surface area contributed by atoms with Crippen LogP contribution in [0.5, 0.6) is 0 Å². The van der Waals surface area contributed by atoms with E-state index in [1.165, 1.54) is 34.2 Å². The molecule has 0 aliphatic carbocycles. The van der Waals surface area contributed by atoms with Gasteiger partial charge in [-0.3, -0.25) is 0 Å². The van der Waals surface area contributed by atoms with Gasteiger partial charge < -0.3 is 0 Å². The molecular formula is C23H38. The maximum Gasteiger partial charge on any atom is -0.0201 e. The number of hydrogen-bond acceptors (Lipinski definition) is 0. The first-order valence-corrected chi connectivity index (χ1v) is 8.77. The van der Waals surface area contributed by atoms with Crippen LogP contribution in [0.4, 0.5) is 0 Å². The highest BCUT2D eigenvalue weighted by molar-refractivity contribution is 5.65. The predicted octanol–water partition coefficient (Wildman–Crippen LogP) is 7.67. The highest BCUT2D eigenvalue weighted by atomic mass is 14.3. The summed E-state index contributed by atoms with van der Waals surface area (Å²) in [5.41, 5.74) is 8.43. The Labute approximate surface area is 145 Å². The molecule has 0 amide bonds. The van der Waals surface area contributed by atoms with Crippen molar-refractivity contribution in [1.29, 1.82) is 0 Å². The Hall–Kier alpha value is -1.30. The van der Waals surface area contributed by atoms with E-state index >= 15 is 0 Å². The number of aryl methyl sites for hydroxylation is 3. The molecule has 23 heavy (non-hydrogen) atoms. The molecule has 0 spiro atoms. The molecule has 0 aliphatic heterocycles. The van der Waals surface area contributed by atoms with Gasteiger partial charge in [-0.2, -0.15) is 0 Å². The second-order valence-electron chi connectivity index (χ2n) is 7.99. The molecule has 0 unspecified atom stereocenters. The van der Waals surface area contributed by atoms with E-state index < -0.39 is 0 Å². The van der Waals surface area contributed by atoms with Crippen LogP contribution in [-0.4, -0.2) is 0 Å². The van der Waals surface area contributed by atoms with E-state index in [0.717, 1.165) is 11.5 Å². The fourth-order valence-corrected chi connectivity index (χ4v) is 2.45. The molecule has 0 heteroatoms. The Bertz CT molecular complexity index is 554. The van der Waals surface area contributed by atoms with Gasteiger partial charge in [-0.25, -0.2) is 0 Å². The van der Waals surface area contributed by atoms with Crippen molar-refractivity contribution in [2.24, 2.45) is 11.3 Å². The standard InChI is InChI=1S/C12H16.C11H22/c1-8(2)12-7-10(4)9(3)6-11(12)5;1-7-10(4)8-11(5,6)9(2)3/h6-7H,1H2,2-5H3;7,9H,8H2,1-6H3/b;10-7-. The number of hydrogen-bond donors (Lipinski definition) is 0. The third-order valence-corrected chi connectivity index (χ3v) is 5.09. The van der Waals surface area contributed by atoms with E-state index in [9.17, 15) is 0 Å². The Balaban J connectivity index is 0.000000423. The third-order valence-electron chi connectivity index (χ3n) is 5.09. The first-order valence-electron chi connectivity index (χ1n) is 8.77. The van der Waals surface area contributed by atoms with Crippen molar-refractivity contribution >= 4 is 5.57 Å². The molecule has 1 aromatic carbocycles. The summed E-state index contributed by atoms with van der Waals surface area (Å²) >= 11 is 0. The van der Waals surface area contributed by atoms with Crippen LogP contribution in [0.1, 0.15) is 77.1 Å². The van der Waals surface area contributed by atoms with Crippen LogP contribution < -0.4 is 0 Å². The molecule has 0 fully saturated rings. The van der Waals surface area contributed by atoms with Crippen LogP contribution in [-0.2, 0) is 0 Å². The predicted molar refractivity (Wildman–Crippen MR) is 108 cm³/mol. The summed E-state index contributed by atoms with van der Waals surface area (Å²) in [6, 6.07) is 4.44. The lowest BCUT2D eigenvalue weighted by Gasteiger charge is -2.29. The SMILES string of the molecule is C/C=C(/C)CC(C)(C)C(C)C.C=C(C)c1cc(C)c(C)cc1C. The average molecular weight is 315 g/mol. The summed E-state index contributed by atoms with van der Waals surface area (Å²) < 4.78 is 0. The third kappa shape index (κ3) is 7.20. The molecule has 0 N–H and O–H groups in total. The monoisotopic (exact) mass is 314 g/mol. The van der Waals surface area contributed by atoms with Gasteiger partial charge in [0.2, 0.25) is 0 Å². The van der Waals surface area contributed by atoms with E-state index in [4.69, 9.17) is 0 Å². The molecule has 0 bridgehead atoms. The number of allylic oxidation sites excluding steroid dienone is 3. The van der Waals surface area contributed by atoms with Gasteiger partial charge in [0.15, 0.2) is 0 Å². The van der Waals surface area contributed by atoms with Gasteiger partial charge in [-0.05, 0) is 81.5 Å². The average Bonchev–Trinajstić information content (AvgIpc) is 2.42. The van der Waals surface area contributed by atoms with Crippen LogP contribution in [0.15, 0.2) is 30.4 Å². The first kappa shape index (κ1) is 21.7. The highest BCUT2D eigenvalue weighted by Gasteiger charge is 2.21. The van der Waals surface area contributed by atoms with Crippen molar-refractivity contribution in [3.05, 3.63) is 52.6 Å². The molecule has 0 heterocycles. The number of rotatable bonds is 4. The largest absolute Gasteiger partial charge is 0.0955 e. The highest BCUT2D eigenvalue weighted by Crippen LogP contribution is 2.32. The second kappa shape index (κ2) is 9.11. The Morgan fingerprint density at radius 2 is 1.52 bits per heavy atom. The summed E-state index contributed by atoms with van der Waals surface area (Å²) in [5.74, 6) is 0.761. The van der Waals surface area contributed by atoms with E-state index in [2.05, 4.69) is 94.0 Å². The maximum absolute atomic E-state index is 3.96. The zero-order chi connectivity index (χ0) is 18.4. The van der Waals surface area contributed by atoms with Gasteiger partial charge >= 0.3 is 0 Å². The molecule has 0 atom stereocenters. The molecule has 0 radical (unpaired) electrons. The lowest BCUT2D eigenvalue weighted by atomic mass is 9.76. The fourth-order valence-electron chi connectivity index (χ4n) is 2.45. The van der Waals surface area contributed by atoms with Gasteiger partial charge in [-0.15, -0.1) is 0 Å². The Morgan fingerprint density at radius 3 is 1.91 bits per heavy atom. The van der Waals surface area contributed by atoms with Gasteiger partial charge in [0.1, 0.15) is 0 Å². The molecule has 1 rings (SSSR count). The summed E-state index contributed by atoms with van der Waals surface area (Å²) in [7, 11) is 0.